The quantitative estimate of drug-likeness (QED) is 0.714. The van der Waals surface area contributed by atoms with Gasteiger partial charge in [-0.1, -0.05) is 56.4 Å². The fourth-order valence-electron chi connectivity index (χ4n) is 2.71. The summed E-state index contributed by atoms with van der Waals surface area (Å²) in [5, 5.41) is 0. The first kappa shape index (κ1) is 19.7. The van der Waals surface area contributed by atoms with E-state index in [1.54, 1.807) is 6.08 Å². The van der Waals surface area contributed by atoms with Crippen LogP contribution in [0.3, 0.4) is 0 Å². The van der Waals surface area contributed by atoms with Crippen molar-refractivity contribution in [2.24, 2.45) is 5.41 Å². The topological polar surface area (TPSA) is 46.2 Å². The van der Waals surface area contributed by atoms with Gasteiger partial charge < -0.3 is 0 Å². The van der Waals surface area contributed by atoms with E-state index in [-0.39, 0.29) is 5.41 Å². The molecule has 0 aromatic heterocycles. The minimum absolute atomic E-state index is 0.106. The predicted molar refractivity (Wildman–Crippen MR) is 98.2 cm³/mol. The van der Waals surface area contributed by atoms with Gasteiger partial charge in [0.25, 0.3) is 0 Å². The molecule has 0 spiro atoms. The van der Waals surface area contributed by atoms with Crippen LogP contribution >= 0.6 is 0 Å². The van der Waals surface area contributed by atoms with Gasteiger partial charge in [-0.15, -0.1) is 0 Å². The van der Waals surface area contributed by atoms with Crippen LogP contribution in [0, 0.1) is 26.2 Å². The average molecular weight is 336 g/mol. The van der Waals surface area contributed by atoms with E-state index in [9.17, 15) is 8.42 Å². The Morgan fingerprint density at radius 1 is 1.17 bits per heavy atom. The van der Waals surface area contributed by atoms with E-state index in [0.717, 1.165) is 29.5 Å². The van der Waals surface area contributed by atoms with Gasteiger partial charge in [0.05, 0.1) is 4.90 Å². The highest BCUT2D eigenvalue weighted by Gasteiger charge is 2.24. The Morgan fingerprint density at radius 2 is 1.74 bits per heavy atom. The Morgan fingerprint density at radius 3 is 2.26 bits per heavy atom. The number of allylic oxidation sites excluding steroid dienone is 3. The summed E-state index contributed by atoms with van der Waals surface area (Å²) in [6.45, 7) is 13.9. The fourth-order valence-corrected chi connectivity index (χ4v) is 4.40. The van der Waals surface area contributed by atoms with Crippen LogP contribution in [0.15, 0.2) is 41.8 Å². The molecule has 0 aliphatic heterocycles. The molecule has 4 heteroatoms. The molecule has 1 N–H and O–H groups in total. The molecular weight excluding hydrogens is 306 g/mol. The van der Waals surface area contributed by atoms with Gasteiger partial charge in [-0.05, 0) is 50.2 Å². The van der Waals surface area contributed by atoms with Crippen molar-refractivity contribution in [2.75, 3.05) is 6.54 Å². The number of rotatable bonds is 8. The van der Waals surface area contributed by atoms with Crippen LogP contribution < -0.4 is 4.72 Å². The summed E-state index contributed by atoms with van der Waals surface area (Å²) in [6.07, 6.45) is 7.53. The van der Waals surface area contributed by atoms with Crippen LogP contribution in [0.4, 0.5) is 0 Å². The molecule has 0 atom stereocenters. The van der Waals surface area contributed by atoms with E-state index in [1.165, 1.54) is 0 Å². The first-order chi connectivity index (χ1) is 10.6. The zero-order valence-corrected chi connectivity index (χ0v) is 15.8. The second-order valence-electron chi connectivity index (χ2n) is 6.92. The van der Waals surface area contributed by atoms with Crippen LogP contribution in [0.5, 0.6) is 0 Å². The van der Waals surface area contributed by atoms with Crippen molar-refractivity contribution < 1.29 is 8.42 Å². The average Bonchev–Trinajstić information content (AvgIpc) is 2.40. The molecule has 0 heterocycles. The van der Waals surface area contributed by atoms with Gasteiger partial charge in [0.1, 0.15) is 0 Å². The third-order valence-corrected chi connectivity index (χ3v) is 5.58. The number of aryl methyl sites for hydroxylation is 3. The summed E-state index contributed by atoms with van der Waals surface area (Å²) in [5.41, 5.74) is 2.56. The van der Waals surface area contributed by atoms with Crippen LogP contribution in [-0.2, 0) is 10.0 Å². The molecule has 0 amide bonds. The van der Waals surface area contributed by atoms with Crippen molar-refractivity contribution in [3.05, 3.63) is 53.6 Å². The molecular formula is C19H29NO2S. The van der Waals surface area contributed by atoms with Crippen molar-refractivity contribution in [1.29, 1.82) is 0 Å². The normalized spacial score (nSPS) is 12.7. The zero-order valence-electron chi connectivity index (χ0n) is 14.9. The highest BCUT2D eigenvalue weighted by Crippen LogP contribution is 2.25. The summed E-state index contributed by atoms with van der Waals surface area (Å²) in [7, 11) is -3.49. The summed E-state index contributed by atoms with van der Waals surface area (Å²) < 4.78 is 28.1. The Labute approximate surface area is 141 Å². The zero-order chi connectivity index (χ0) is 17.7. The SMILES string of the molecule is C=C/C=C/CCC(C)(C)CNS(=O)(=O)c1c(C)cc(C)cc1C. The second-order valence-corrected chi connectivity index (χ2v) is 8.62. The van der Waals surface area contributed by atoms with Gasteiger partial charge in [-0.2, -0.15) is 0 Å². The molecule has 0 saturated heterocycles. The second kappa shape index (κ2) is 7.93. The van der Waals surface area contributed by atoms with E-state index < -0.39 is 10.0 Å². The third-order valence-electron chi connectivity index (χ3n) is 3.87. The number of hydrogen-bond donors (Lipinski definition) is 1. The number of hydrogen-bond acceptors (Lipinski definition) is 2. The molecule has 1 rings (SSSR count). The lowest BCUT2D eigenvalue weighted by atomic mass is 9.88. The molecule has 0 unspecified atom stereocenters. The molecule has 1 aromatic carbocycles. The summed E-state index contributed by atoms with van der Waals surface area (Å²) >= 11 is 0. The van der Waals surface area contributed by atoms with Crippen LogP contribution in [-0.4, -0.2) is 15.0 Å². The van der Waals surface area contributed by atoms with Crippen molar-refractivity contribution in [1.82, 2.24) is 4.72 Å². The van der Waals surface area contributed by atoms with Gasteiger partial charge in [-0.25, -0.2) is 13.1 Å². The lowest BCUT2D eigenvalue weighted by molar-refractivity contribution is 0.337. The van der Waals surface area contributed by atoms with Gasteiger partial charge in [-0.3, -0.25) is 0 Å². The molecule has 1 aromatic rings. The third kappa shape index (κ3) is 5.96. The largest absolute Gasteiger partial charge is 0.241 e. The van der Waals surface area contributed by atoms with Crippen molar-refractivity contribution in [3.8, 4) is 0 Å². The lowest BCUT2D eigenvalue weighted by Gasteiger charge is -2.25. The highest BCUT2D eigenvalue weighted by atomic mass is 32.2. The van der Waals surface area contributed by atoms with Gasteiger partial charge in [0.2, 0.25) is 10.0 Å². The molecule has 128 valence electrons. The number of sulfonamides is 1. The maximum atomic E-state index is 12.7. The molecule has 23 heavy (non-hydrogen) atoms. The number of nitrogens with one attached hydrogen (secondary N) is 1. The van der Waals surface area contributed by atoms with E-state index in [0.29, 0.717) is 11.4 Å². The Kier molecular flexibility index (Phi) is 6.78. The van der Waals surface area contributed by atoms with E-state index in [4.69, 9.17) is 0 Å². The molecule has 0 aliphatic carbocycles. The van der Waals surface area contributed by atoms with Crippen LogP contribution in [0.2, 0.25) is 0 Å². The predicted octanol–water partition coefficient (Wildman–Crippen LogP) is 4.44. The first-order valence-electron chi connectivity index (χ1n) is 7.94. The molecule has 0 bridgehead atoms. The van der Waals surface area contributed by atoms with E-state index in [2.05, 4.69) is 31.2 Å². The maximum Gasteiger partial charge on any atom is 0.241 e. The lowest BCUT2D eigenvalue weighted by Crippen LogP contribution is -2.34. The fraction of sp³-hybridized carbons (Fsp3) is 0.474. The van der Waals surface area contributed by atoms with Crippen molar-refractivity contribution in [2.45, 2.75) is 52.4 Å². The van der Waals surface area contributed by atoms with Crippen molar-refractivity contribution in [3.63, 3.8) is 0 Å². The van der Waals surface area contributed by atoms with Gasteiger partial charge in [0.15, 0.2) is 0 Å². The van der Waals surface area contributed by atoms with Crippen LogP contribution in [0.25, 0.3) is 0 Å². The maximum absolute atomic E-state index is 12.7. The molecule has 0 fully saturated rings. The smallest absolute Gasteiger partial charge is 0.211 e. The molecule has 3 nitrogen and oxygen atoms in total. The van der Waals surface area contributed by atoms with Crippen molar-refractivity contribution >= 4 is 10.0 Å². The Balaban J connectivity index is 2.84. The summed E-state index contributed by atoms with van der Waals surface area (Å²) in [5.74, 6) is 0. The number of benzene rings is 1. The first-order valence-corrected chi connectivity index (χ1v) is 9.42. The molecule has 0 saturated carbocycles. The minimum Gasteiger partial charge on any atom is -0.211 e. The van der Waals surface area contributed by atoms with E-state index in [1.807, 2.05) is 39.0 Å². The highest BCUT2D eigenvalue weighted by molar-refractivity contribution is 7.89. The Hall–Kier alpha value is -1.39. The van der Waals surface area contributed by atoms with E-state index >= 15 is 0 Å². The molecule has 0 radical (unpaired) electrons. The van der Waals surface area contributed by atoms with Gasteiger partial charge in [0, 0.05) is 6.54 Å². The monoisotopic (exact) mass is 335 g/mol. The Bertz CT molecular complexity index is 662. The molecule has 0 aliphatic rings. The van der Waals surface area contributed by atoms with Crippen LogP contribution in [0.1, 0.15) is 43.4 Å². The summed E-state index contributed by atoms with van der Waals surface area (Å²) in [6, 6.07) is 3.82. The van der Waals surface area contributed by atoms with Gasteiger partial charge >= 0.3 is 0 Å². The minimum atomic E-state index is -3.49. The summed E-state index contributed by atoms with van der Waals surface area (Å²) in [4.78, 5) is 0.408. The standard InChI is InChI=1S/C19H29NO2S/c1-7-8-9-10-11-19(5,6)14-20-23(21,22)18-16(3)12-15(2)13-17(18)4/h7-9,12-13,20H,1,10-11,14H2,2-6H3/b9-8+.